The Morgan fingerprint density at radius 2 is 1.79 bits per heavy atom. The van der Waals surface area contributed by atoms with Crippen molar-refractivity contribution in [2.45, 2.75) is 47.0 Å². The summed E-state index contributed by atoms with van der Waals surface area (Å²) in [6, 6.07) is 5.32. The second-order valence-corrected chi connectivity index (χ2v) is 3.32. The summed E-state index contributed by atoms with van der Waals surface area (Å²) < 4.78 is 13.2. The van der Waals surface area contributed by atoms with Crippen molar-refractivity contribution in [1.29, 1.82) is 0 Å². The van der Waals surface area contributed by atoms with E-state index in [-0.39, 0.29) is 5.82 Å². The quantitative estimate of drug-likeness (QED) is 0.651. The fourth-order valence-corrected chi connectivity index (χ4v) is 1.49. The summed E-state index contributed by atoms with van der Waals surface area (Å²) in [5.41, 5.74) is 2.00. The maximum absolute atomic E-state index is 13.2. The van der Waals surface area contributed by atoms with E-state index in [1.807, 2.05) is 26.8 Å². The van der Waals surface area contributed by atoms with Crippen LogP contribution in [-0.4, -0.2) is 0 Å². The Morgan fingerprint density at radius 3 is 2.14 bits per heavy atom. The SMILES string of the molecule is CC.CCc1c(F)cccc1C(C)C. The summed E-state index contributed by atoms with van der Waals surface area (Å²) in [5.74, 6) is 0.347. The lowest BCUT2D eigenvalue weighted by molar-refractivity contribution is 0.605. The highest BCUT2D eigenvalue weighted by atomic mass is 19.1. The van der Waals surface area contributed by atoms with Crippen molar-refractivity contribution < 1.29 is 4.39 Å². The lowest BCUT2D eigenvalue weighted by atomic mass is 9.95. The Morgan fingerprint density at radius 1 is 1.21 bits per heavy atom. The van der Waals surface area contributed by atoms with Gasteiger partial charge >= 0.3 is 0 Å². The van der Waals surface area contributed by atoms with Gasteiger partial charge in [-0.1, -0.05) is 46.8 Å². The van der Waals surface area contributed by atoms with E-state index in [4.69, 9.17) is 0 Å². The molecule has 0 saturated carbocycles. The van der Waals surface area contributed by atoms with Gasteiger partial charge in [-0.15, -0.1) is 0 Å². The molecule has 0 aliphatic carbocycles. The van der Waals surface area contributed by atoms with Gasteiger partial charge in [0.15, 0.2) is 0 Å². The van der Waals surface area contributed by atoms with Crippen molar-refractivity contribution in [3.63, 3.8) is 0 Å². The average Bonchev–Trinajstić information content (AvgIpc) is 2.20. The van der Waals surface area contributed by atoms with E-state index < -0.39 is 0 Å². The first-order chi connectivity index (χ1) is 6.66. The van der Waals surface area contributed by atoms with Crippen molar-refractivity contribution in [2.24, 2.45) is 0 Å². The molecule has 0 atom stereocenters. The third-order valence-corrected chi connectivity index (χ3v) is 2.13. The van der Waals surface area contributed by atoms with E-state index in [1.54, 1.807) is 6.07 Å². The minimum Gasteiger partial charge on any atom is -0.207 e. The van der Waals surface area contributed by atoms with Crippen LogP contribution >= 0.6 is 0 Å². The second-order valence-electron chi connectivity index (χ2n) is 3.32. The normalized spacial score (nSPS) is 9.64. The molecule has 1 aromatic rings. The number of rotatable bonds is 2. The molecule has 0 bridgehead atoms. The highest BCUT2D eigenvalue weighted by Gasteiger charge is 2.08. The van der Waals surface area contributed by atoms with Crippen LogP contribution < -0.4 is 0 Å². The second kappa shape index (κ2) is 6.58. The van der Waals surface area contributed by atoms with Gasteiger partial charge in [0.25, 0.3) is 0 Å². The van der Waals surface area contributed by atoms with E-state index in [1.165, 1.54) is 6.07 Å². The Kier molecular flexibility index (Phi) is 6.18. The fraction of sp³-hybridized carbons (Fsp3) is 0.538. The molecule has 0 radical (unpaired) electrons. The number of benzene rings is 1. The number of halogens is 1. The van der Waals surface area contributed by atoms with Crippen LogP contribution in [0.25, 0.3) is 0 Å². The fourth-order valence-electron chi connectivity index (χ4n) is 1.49. The molecule has 0 aliphatic heterocycles. The van der Waals surface area contributed by atoms with Gasteiger partial charge in [-0.3, -0.25) is 0 Å². The molecular weight excluding hydrogens is 175 g/mol. The molecule has 0 saturated heterocycles. The van der Waals surface area contributed by atoms with Gasteiger partial charge in [-0.25, -0.2) is 4.39 Å². The number of hydrogen-bond donors (Lipinski definition) is 0. The summed E-state index contributed by atoms with van der Waals surface area (Å²) >= 11 is 0. The third-order valence-electron chi connectivity index (χ3n) is 2.13. The molecule has 0 spiro atoms. The van der Waals surface area contributed by atoms with E-state index in [0.29, 0.717) is 5.92 Å². The van der Waals surface area contributed by atoms with Crippen molar-refractivity contribution >= 4 is 0 Å². The van der Waals surface area contributed by atoms with Gasteiger partial charge < -0.3 is 0 Å². The minimum absolute atomic E-state index is 0.0660. The lowest BCUT2D eigenvalue weighted by Gasteiger charge is -2.11. The van der Waals surface area contributed by atoms with Gasteiger partial charge in [0, 0.05) is 0 Å². The van der Waals surface area contributed by atoms with Crippen molar-refractivity contribution in [3.8, 4) is 0 Å². The van der Waals surface area contributed by atoms with Gasteiger partial charge in [0.05, 0.1) is 0 Å². The summed E-state index contributed by atoms with van der Waals surface area (Å²) in [4.78, 5) is 0. The standard InChI is InChI=1S/C11H15F.C2H6/c1-4-9-10(8(2)3)6-5-7-11(9)12;1-2/h5-8H,4H2,1-3H3;1-2H3. The Hall–Kier alpha value is -0.850. The van der Waals surface area contributed by atoms with E-state index in [0.717, 1.165) is 17.5 Å². The molecule has 1 aromatic carbocycles. The monoisotopic (exact) mass is 196 g/mol. The van der Waals surface area contributed by atoms with E-state index in [2.05, 4.69) is 13.8 Å². The summed E-state index contributed by atoms with van der Waals surface area (Å²) in [6.45, 7) is 10.2. The van der Waals surface area contributed by atoms with Crippen LogP contribution in [0.1, 0.15) is 51.7 Å². The van der Waals surface area contributed by atoms with Gasteiger partial charge in [0.2, 0.25) is 0 Å². The molecule has 0 unspecified atom stereocenters. The molecule has 1 rings (SSSR count). The summed E-state index contributed by atoms with van der Waals surface area (Å²) in [7, 11) is 0. The molecule has 1 heteroatoms. The smallest absolute Gasteiger partial charge is 0.126 e. The van der Waals surface area contributed by atoms with Crippen molar-refractivity contribution in [1.82, 2.24) is 0 Å². The topological polar surface area (TPSA) is 0 Å². The highest BCUT2D eigenvalue weighted by Crippen LogP contribution is 2.21. The molecule has 0 aliphatic rings. The molecule has 80 valence electrons. The average molecular weight is 196 g/mol. The summed E-state index contributed by atoms with van der Waals surface area (Å²) in [5, 5.41) is 0. The molecule has 0 heterocycles. The van der Waals surface area contributed by atoms with Crippen LogP contribution in [-0.2, 0) is 6.42 Å². The largest absolute Gasteiger partial charge is 0.207 e. The van der Waals surface area contributed by atoms with Crippen LogP contribution in [0.5, 0.6) is 0 Å². The Balaban J connectivity index is 0.000000791. The summed E-state index contributed by atoms with van der Waals surface area (Å²) in [6.07, 6.45) is 0.778. The van der Waals surface area contributed by atoms with Crippen molar-refractivity contribution in [2.75, 3.05) is 0 Å². The lowest BCUT2D eigenvalue weighted by Crippen LogP contribution is -1.97. The first-order valence-electron chi connectivity index (χ1n) is 5.44. The van der Waals surface area contributed by atoms with Crippen LogP contribution in [0.3, 0.4) is 0 Å². The molecular formula is C13H21F. The van der Waals surface area contributed by atoms with Crippen molar-refractivity contribution in [3.05, 3.63) is 35.1 Å². The molecule has 0 amide bonds. The molecule has 0 nitrogen and oxygen atoms in total. The molecule has 0 aromatic heterocycles. The van der Waals surface area contributed by atoms with Crippen LogP contribution in [0.15, 0.2) is 18.2 Å². The third kappa shape index (κ3) is 3.13. The van der Waals surface area contributed by atoms with E-state index >= 15 is 0 Å². The first kappa shape index (κ1) is 13.2. The van der Waals surface area contributed by atoms with Gasteiger partial charge in [-0.05, 0) is 29.5 Å². The zero-order valence-electron chi connectivity index (χ0n) is 9.89. The first-order valence-corrected chi connectivity index (χ1v) is 5.44. The van der Waals surface area contributed by atoms with Crippen LogP contribution in [0.4, 0.5) is 4.39 Å². The maximum atomic E-state index is 13.2. The highest BCUT2D eigenvalue weighted by molar-refractivity contribution is 5.30. The minimum atomic E-state index is -0.0660. The van der Waals surface area contributed by atoms with Crippen LogP contribution in [0, 0.1) is 5.82 Å². The predicted molar refractivity (Wildman–Crippen MR) is 61.2 cm³/mol. The van der Waals surface area contributed by atoms with Crippen LogP contribution in [0.2, 0.25) is 0 Å². The predicted octanol–water partition coefficient (Wildman–Crippen LogP) is 4.54. The molecule has 0 N–H and O–H groups in total. The number of hydrogen-bond acceptors (Lipinski definition) is 0. The Labute approximate surface area is 87.2 Å². The molecule has 0 fully saturated rings. The zero-order valence-corrected chi connectivity index (χ0v) is 9.89. The zero-order chi connectivity index (χ0) is 11.1. The van der Waals surface area contributed by atoms with Gasteiger partial charge in [-0.2, -0.15) is 0 Å². The van der Waals surface area contributed by atoms with Gasteiger partial charge in [0.1, 0.15) is 5.82 Å². The Bertz CT molecular complexity index is 264. The maximum Gasteiger partial charge on any atom is 0.126 e. The molecule has 14 heavy (non-hydrogen) atoms. The van der Waals surface area contributed by atoms with E-state index in [9.17, 15) is 4.39 Å².